The first kappa shape index (κ1) is 14.7. The molecular formula is C10H21F3N2. The zero-order valence-electron chi connectivity index (χ0n) is 9.69. The second-order valence-electron chi connectivity index (χ2n) is 3.72. The predicted molar refractivity (Wildman–Crippen MR) is 55.9 cm³/mol. The van der Waals surface area contributed by atoms with Crippen LogP contribution < -0.4 is 5.32 Å². The van der Waals surface area contributed by atoms with E-state index in [1.165, 1.54) is 0 Å². The number of nitrogens with zero attached hydrogens (tertiary/aromatic N) is 1. The van der Waals surface area contributed by atoms with Gasteiger partial charge in [-0.15, -0.1) is 0 Å². The Bertz CT molecular complexity index is 159. The SMILES string of the molecule is CCNCC(CC)N(C)CCC(F)(F)F. The second kappa shape index (κ2) is 7.06. The molecule has 0 spiro atoms. The Kier molecular flexibility index (Phi) is 6.92. The Morgan fingerprint density at radius 2 is 1.87 bits per heavy atom. The molecule has 0 saturated carbocycles. The van der Waals surface area contributed by atoms with Crippen molar-refractivity contribution in [3.63, 3.8) is 0 Å². The summed E-state index contributed by atoms with van der Waals surface area (Å²) in [6, 6.07) is 0.187. The number of nitrogens with one attached hydrogen (secondary N) is 1. The molecule has 0 rings (SSSR count). The summed E-state index contributed by atoms with van der Waals surface area (Å²) in [6.45, 7) is 5.66. The maximum atomic E-state index is 12.0. The maximum Gasteiger partial charge on any atom is 0.390 e. The molecule has 5 heteroatoms. The van der Waals surface area contributed by atoms with Crippen LogP contribution in [0.4, 0.5) is 13.2 Å². The van der Waals surface area contributed by atoms with Crippen molar-refractivity contribution >= 4 is 0 Å². The topological polar surface area (TPSA) is 15.3 Å². The minimum atomic E-state index is -4.05. The van der Waals surface area contributed by atoms with Crippen molar-refractivity contribution in [2.75, 3.05) is 26.7 Å². The highest BCUT2D eigenvalue weighted by molar-refractivity contribution is 4.70. The molecule has 0 aromatic carbocycles. The van der Waals surface area contributed by atoms with Crippen LogP contribution in [0.1, 0.15) is 26.7 Å². The largest absolute Gasteiger partial charge is 0.390 e. The number of rotatable bonds is 7. The third-order valence-electron chi connectivity index (χ3n) is 2.47. The van der Waals surface area contributed by atoms with Gasteiger partial charge in [-0.25, -0.2) is 0 Å². The van der Waals surface area contributed by atoms with E-state index < -0.39 is 12.6 Å². The molecule has 15 heavy (non-hydrogen) atoms. The lowest BCUT2D eigenvalue weighted by atomic mass is 10.2. The van der Waals surface area contributed by atoms with E-state index in [9.17, 15) is 13.2 Å². The number of likely N-dealkylation sites (N-methyl/N-ethyl adjacent to an activating group) is 2. The molecule has 0 aliphatic carbocycles. The van der Waals surface area contributed by atoms with Crippen LogP contribution in [0.3, 0.4) is 0 Å². The molecule has 2 nitrogen and oxygen atoms in total. The van der Waals surface area contributed by atoms with E-state index in [0.717, 1.165) is 19.5 Å². The Hall–Kier alpha value is -0.290. The number of hydrogen-bond donors (Lipinski definition) is 1. The summed E-state index contributed by atoms with van der Waals surface area (Å²) in [5, 5.41) is 3.15. The Morgan fingerprint density at radius 3 is 2.27 bits per heavy atom. The van der Waals surface area contributed by atoms with Gasteiger partial charge in [0.15, 0.2) is 0 Å². The van der Waals surface area contributed by atoms with Crippen LogP contribution in [0.5, 0.6) is 0 Å². The Morgan fingerprint density at radius 1 is 1.27 bits per heavy atom. The summed E-state index contributed by atoms with van der Waals surface area (Å²) in [5.74, 6) is 0. The van der Waals surface area contributed by atoms with Gasteiger partial charge in [0.05, 0.1) is 6.42 Å². The van der Waals surface area contributed by atoms with E-state index in [1.807, 2.05) is 13.8 Å². The quantitative estimate of drug-likeness (QED) is 0.716. The van der Waals surface area contributed by atoms with Gasteiger partial charge in [-0.2, -0.15) is 13.2 Å². The molecule has 1 N–H and O–H groups in total. The third kappa shape index (κ3) is 7.62. The Labute approximate surface area is 89.8 Å². The third-order valence-corrected chi connectivity index (χ3v) is 2.47. The fraction of sp³-hybridized carbons (Fsp3) is 1.00. The van der Waals surface area contributed by atoms with Gasteiger partial charge in [-0.3, -0.25) is 0 Å². The highest BCUT2D eigenvalue weighted by atomic mass is 19.4. The molecule has 0 amide bonds. The fourth-order valence-electron chi connectivity index (χ4n) is 1.41. The molecule has 0 aliphatic heterocycles. The van der Waals surface area contributed by atoms with Crippen LogP contribution in [-0.4, -0.2) is 43.8 Å². The fourth-order valence-corrected chi connectivity index (χ4v) is 1.41. The van der Waals surface area contributed by atoms with E-state index >= 15 is 0 Å². The number of halogens is 3. The smallest absolute Gasteiger partial charge is 0.315 e. The van der Waals surface area contributed by atoms with Gasteiger partial charge in [0.25, 0.3) is 0 Å². The molecule has 0 aromatic rings. The van der Waals surface area contributed by atoms with Gasteiger partial charge in [0.1, 0.15) is 0 Å². The first-order chi connectivity index (χ1) is 6.90. The predicted octanol–water partition coefficient (Wildman–Crippen LogP) is 2.26. The van der Waals surface area contributed by atoms with Crippen LogP contribution in [-0.2, 0) is 0 Å². The maximum absolute atomic E-state index is 12.0. The highest BCUT2D eigenvalue weighted by Crippen LogP contribution is 2.20. The molecule has 0 bridgehead atoms. The van der Waals surface area contributed by atoms with Gasteiger partial charge >= 0.3 is 6.18 Å². The summed E-state index contributed by atoms with van der Waals surface area (Å²) in [6.07, 6.45) is -3.92. The van der Waals surface area contributed by atoms with Crippen molar-refractivity contribution in [3.05, 3.63) is 0 Å². The average molecular weight is 226 g/mol. The van der Waals surface area contributed by atoms with Crippen molar-refractivity contribution in [1.82, 2.24) is 10.2 Å². The lowest BCUT2D eigenvalue weighted by Gasteiger charge is -2.27. The van der Waals surface area contributed by atoms with E-state index in [0.29, 0.717) is 0 Å². The normalized spacial score (nSPS) is 14.6. The molecule has 1 unspecified atom stereocenters. The van der Waals surface area contributed by atoms with Crippen LogP contribution in [0, 0.1) is 0 Å². The molecule has 1 atom stereocenters. The summed E-state index contributed by atoms with van der Waals surface area (Å²) in [4.78, 5) is 1.77. The Balaban J connectivity index is 3.87. The van der Waals surface area contributed by atoms with E-state index in [1.54, 1.807) is 11.9 Å². The number of hydrogen-bond acceptors (Lipinski definition) is 2. The van der Waals surface area contributed by atoms with Crippen molar-refractivity contribution in [2.45, 2.75) is 38.9 Å². The summed E-state index contributed by atoms with van der Waals surface area (Å²) < 4.78 is 36.0. The van der Waals surface area contributed by atoms with E-state index in [-0.39, 0.29) is 12.6 Å². The van der Waals surface area contributed by atoms with Crippen molar-refractivity contribution in [3.8, 4) is 0 Å². The lowest BCUT2D eigenvalue weighted by Crippen LogP contribution is -2.41. The molecular weight excluding hydrogens is 205 g/mol. The molecule has 0 fully saturated rings. The van der Waals surface area contributed by atoms with Gasteiger partial charge in [0, 0.05) is 19.1 Å². The summed E-state index contributed by atoms with van der Waals surface area (Å²) in [7, 11) is 1.75. The zero-order chi connectivity index (χ0) is 11.9. The van der Waals surface area contributed by atoms with Crippen molar-refractivity contribution in [1.29, 1.82) is 0 Å². The first-order valence-corrected chi connectivity index (χ1v) is 5.38. The first-order valence-electron chi connectivity index (χ1n) is 5.38. The zero-order valence-corrected chi connectivity index (χ0v) is 9.69. The molecule has 92 valence electrons. The number of alkyl halides is 3. The van der Waals surface area contributed by atoms with Gasteiger partial charge in [0.2, 0.25) is 0 Å². The van der Waals surface area contributed by atoms with Gasteiger partial charge in [-0.05, 0) is 20.0 Å². The minimum Gasteiger partial charge on any atom is -0.315 e. The van der Waals surface area contributed by atoms with E-state index in [2.05, 4.69) is 5.32 Å². The standard InChI is InChI=1S/C10H21F3N2/c1-4-9(8-14-5-2)15(3)7-6-10(11,12)13/h9,14H,4-8H2,1-3H3. The molecule has 0 aliphatic rings. The highest BCUT2D eigenvalue weighted by Gasteiger charge is 2.28. The average Bonchev–Trinajstić information content (AvgIpc) is 2.15. The molecule has 0 aromatic heterocycles. The summed E-state index contributed by atoms with van der Waals surface area (Å²) in [5.41, 5.74) is 0. The lowest BCUT2D eigenvalue weighted by molar-refractivity contribution is -0.138. The minimum absolute atomic E-state index is 0.0768. The van der Waals surface area contributed by atoms with Crippen LogP contribution in [0.2, 0.25) is 0 Å². The van der Waals surface area contributed by atoms with Crippen LogP contribution >= 0.6 is 0 Å². The van der Waals surface area contributed by atoms with Crippen molar-refractivity contribution < 1.29 is 13.2 Å². The van der Waals surface area contributed by atoms with Crippen LogP contribution in [0.25, 0.3) is 0 Å². The van der Waals surface area contributed by atoms with Gasteiger partial charge in [-0.1, -0.05) is 13.8 Å². The van der Waals surface area contributed by atoms with E-state index in [4.69, 9.17) is 0 Å². The molecule has 0 saturated heterocycles. The van der Waals surface area contributed by atoms with Crippen LogP contribution in [0.15, 0.2) is 0 Å². The second-order valence-corrected chi connectivity index (χ2v) is 3.72. The van der Waals surface area contributed by atoms with Crippen molar-refractivity contribution in [2.24, 2.45) is 0 Å². The summed E-state index contributed by atoms with van der Waals surface area (Å²) >= 11 is 0. The monoisotopic (exact) mass is 226 g/mol. The molecule has 0 heterocycles. The van der Waals surface area contributed by atoms with Gasteiger partial charge < -0.3 is 10.2 Å². The molecule has 0 radical (unpaired) electrons.